The van der Waals surface area contributed by atoms with Crippen LogP contribution in [0.3, 0.4) is 0 Å². The number of anilines is 1. The molecule has 21 heavy (non-hydrogen) atoms. The van der Waals surface area contributed by atoms with Crippen LogP contribution in [-0.4, -0.2) is 26.1 Å². The van der Waals surface area contributed by atoms with Crippen molar-refractivity contribution in [3.63, 3.8) is 0 Å². The van der Waals surface area contributed by atoms with Crippen LogP contribution in [0.15, 0.2) is 29.2 Å². The second-order valence-electron chi connectivity index (χ2n) is 5.51. The van der Waals surface area contributed by atoms with Crippen molar-refractivity contribution in [2.75, 3.05) is 11.1 Å². The molecule has 0 bridgehead atoms. The minimum atomic E-state index is -3.36. The van der Waals surface area contributed by atoms with Gasteiger partial charge in [0, 0.05) is 12.0 Å². The zero-order valence-electron chi connectivity index (χ0n) is 12.2. The number of hydrogen-bond acceptors (Lipinski definition) is 4. The molecule has 1 aromatic carbocycles. The van der Waals surface area contributed by atoms with Crippen molar-refractivity contribution in [3.05, 3.63) is 24.3 Å². The summed E-state index contributed by atoms with van der Waals surface area (Å²) < 4.78 is 24.1. The van der Waals surface area contributed by atoms with Crippen LogP contribution in [0.4, 0.5) is 5.69 Å². The molecule has 0 saturated heterocycles. The third-order valence-electron chi connectivity index (χ3n) is 3.95. The summed E-state index contributed by atoms with van der Waals surface area (Å²) in [5.74, 6) is -0.260. The first-order valence-electron chi connectivity index (χ1n) is 7.32. The molecule has 2 unspecified atom stereocenters. The molecule has 1 aliphatic rings. The van der Waals surface area contributed by atoms with Gasteiger partial charge in [-0.25, -0.2) is 8.42 Å². The smallest absolute Gasteiger partial charge is 0.227 e. The molecule has 1 aromatic rings. The van der Waals surface area contributed by atoms with Gasteiger partial charge >= 0.3 is 0 Å². The molecule has 0 spiro atoms. The summed E-state index contributed by atoms with van der Waals surface area (Å²) in [7, 11) is -3.36. The normalized spacial score (nSPS) is 22.8. The van der Waals surface area contributed by atoms with E-state index < -0.39 is 9.84 Å². The van der Waals surface area contributed by atoms with Gasteiger partial charge in [-0.05, 0) is 31.4 Å². The molecule has 2 rings (SSSR count). The third-order valence-corrected chi connectivity index (χ3v) is 5.73. The van der Waals surface area contributed by atoms with Crippen molar-refractivity contribution in [2.45, 2.75) is 43.5 Å². The number of carbonyl (C=O) groups is 1. The highest BCUT2D eigenvalue weighted by atomic mass is 32.2. The molecule has 116 valence electrons. The van der Waals surface area contributed by atoms with Crippen LogP contribution in [0.5, 0.6) is 0 Å². The molecule has 2 atom stereocenters. The first-order valence-corrected chi connectivity index (χ1v) is 8.97. The molecule has 1 amide bonds. The monoisotopic (exact) mass is 310 g/mol. The standard InChI is InChI=1S/C15H22N2O3S/c1-2-21(19,20)14-9-4-3-8-13(14)17-15(18)11-6-5-7-12(16)10-11/h3-4,8-9,11-12H,2,5-7,10,16H2,1H3,(H,17,18). The van der Waals surface area contributed by atoms with Gasteiger partial charge in [0.25, 0.3) is 0 Å². The van der Waals surface area contributed by atoms with Gasteiger partial charge in [-0.1, -0.05) is 25.5 Å². The van der Waals surface area contributed by atoms with Crippen LogP contribution < -0.4 is 11.1 Å². The summed E-state index contributed by atoms with van der Waals surface area (Å²) in [6, 6.07) is 6.60. The number of rotatable bonds is 4. The zero-order chi connectivity index (χ0) is 15.5. The van der Waals surface area contributed by atoms with Gasteiger partial charge in [0.2, 0.25) is 5.91 Å². The molecule has 1 aliphatic carbocycles. The van der Waals surface area contributed by atoms with Gasteiger partial charge < -0.3 is 11.1 Å². The Kier molecular flexibility index (Phi) is 5.00. The Morgan fingerprint density at radius 3 is 2.71 bits per heavy atom. The zero-order valence-corrected chi connectivity index (χ0v) is 13.0. The number of nitrogens with one attached hydrogen (secondary N) is 1. The molecule has 6 heteroatoms. The molecular formula is C15H22N2O3S. The van der Waals surface area contributed by atoms with Crippen LogP contribution in [0.25, 0.3) is 0 Å². The minimum Gasteiger partial charge on any atom is -0.328 e. The predicted octanol–water partition coefficient (Wildman–Crippen LogP) is 1.94. The molecule has 0 aromatic heterocycles. The number of para-hydroxylation sites is 1. The molecule has 0 aliphatic heterocycles. The SMILES string of the molecule is CCS(=O)(=O)c1ccccc1NC(=O)C1CCCC(N)C1. The van der Waals surface area contributed by atoms with E-state index in [1.54, 1.807) is 25.1 Å². The quantitative estimate of drug-likeness (QED) is 0.889. The fourth-order valence-corrected chi connectivity index (χ4v) is 3.75. The van der Waals surface area contributed by atoms with Crippen LogP contribution in [0.2, 0.25) is 0 Å². The van der Waals surface area contributed by atoms with Crippen molar-refractivity contribution in [3.8, 4) is 0 Å². The van der Waals surface area contributed by atoms with Crippen LogP contribution in [0, 0.1) is 5.92 Å². The molecule has 1 saturated carbocycles. The maximum absolute atomic E-state index is 12.3. The fourth-order valence-electron chi connectivity index (χ4n) is 2.70. The Labute approximate surface area is 125 Å². The number of amides is 1. The second-order valence-corrected chi connectivity index (χ2v) is 7.76. The summed E-state index contributed by atoms with van der Waals surface area (Å²) in [5.41, 5.74) is 6.27. The number of carbonyl (C=O) groups excluding carboxylic acids is 1. The first kappa shape index (κ1) is 16.0. The van der Waals surface area contributed by atoms with E-state index in [-0.39, 0.29) is 28.5 Å². The van der Waals surface area contributed by atoms with E-state index in [0.29, 0.717) is 12.1 Å². The highest BCUT2D eigenvalue weighted by Gasteiger charge is 2.26. The van der Waals surface area contributed by atoms with Crippen molar-refractivity contribution in [1.82, 2.24) is 0 Å². The van der Waals surface area contributed by atoms with Gasteiger partial charge in [0.1, 0.15) is 0 Å². The van der Waals surface area contributed by atoms with Gasteiger partial charge in [-0.15, -0.1) is 0 Å². The van der Waals surface area contributed by atoms with E-state index in [1.165, 1.54) is 6.07 Å². The minimum absolute atomic E-state index is 0.00812. The Balaban J connectivity index is 2.18. The number of nitrogens with two attached hydrogens (primary N) is 1. The Bertz CT molecular complexity index is 613. The van der Waals surface area contributed by atoms with Gasteiger partial charge in [-0.2, -0.15) is 0 Å². The highest BCUT2D eigenvalue weighted by Crippen LogP contribution is 2.27. The fraction of sp³-hybridized carbons (Fsp3) is 0.533. The average Bonchev–Trinajstić information content (AvgIpc) is 2.47. The lowest BCUT2D eigenvalue weighted by molar-refractivity contribution is -0.120. The van der Waals surface area contributed by atoms with Gasteiger partial charge in [0.15, 0.2) is 9.84 Å². The van der Waals surface area contributed by atoms with Crippen LogP contribution >= 0.6 is 0 Å². The lowest BCUT2D eigenvalue weighted by Gasteiger charge is -2.26. The predicted molar refractivity (Wildman–Crippen MR) is 82.7 cm³/mol. The summed E-state index contributed by atoms with van der Waals surface area (Å²) in [4.78, 5) is 12.5. The van der Waals surface area contributed by atoms with Crippen molar-refractivity contribution < 1.29 is 13.2 Å². The van der Waals surface area contributed by atoms with Crippen molar-refractivity contribution in [2.24, 2.45) is 11.7 Å². The average molecular weight is 310 g/mol. The van der Waals surface area contributed by atoms with Crippen molar-refractivity contribution in [1.29, 1.82) is 0 Å². The second kappa shape index (κ2) is 6.58. The molecule has 1 fully saturated rings. The van der Waals surface area contributed by atoms with Gasteiger partial charge in [-0.3, -0.25) is 4.79 Å². The molecule has 3 N–H and O–H groups in total. The van der Waals surface area contributed by atoms with Crippen molar-refractivity contribution >= 4 is 21.4 Å². The first-order chi connectivity index (χ1) is 9.94. The number of hydrogen-bond donors (Lipinski definition) is 2. The van der Waals surface area contributed by atoms with E-state index >= 15 is 0 Å². The lowest BCUT2D eigenvalue weighted by atomic mass is 9.85. The maximum Gasteiger partial charge on any atom is 0.227 e. The summed E-state index contributed by atoms with van der Waals surface area (Å²) in [6.07, 6.45) is 3.36. The molecular weight excluding hydrogens is 288 g/mol. The highest BCUT2D eigenvalue weighted by molar-refractivity contribution is 7.91. The van der Waals surface area contributed by atoms with E-state index in [0.717, 1.165) is 19.3 Å². The molecule has 0 radical (unpaired) electrons. The lowest BCUT2D eigenvalue weighted by Crippen LogP contribution is -2.34. The number of benzene rings is 1. The summed E-state index contributed by atoms with van der Waals surface area (Å²) >= 11 is 0. The van der Waals surface area contributed by atoms with Gasteiger partial charge in [0.05, 0.1) is 16.3 Å². The van der Waals surface area contributed by atoms with E-state index in [2.05, 4.69) is 5.32 Å². The van der Waals surface area contributed by atoms with Crippen LogP contribution in [0.1, 0.15) is 32.6 Å². The summed E-state index contributed by atoms with van der Waals surface area (Å²) in [6.45, 7) is 1.59. The third kappa shape index (κ3) is 3.83. The Morgan fingerprint density at radius 1 is 1.33 bits per heavy atom. The van der Waals surface area contributed by atoms with E-state index in [9.17, 15) is 13.2 Å². The molecule has 0 heterocycles. The molecule has 5 nitrogen and oxygen atoms in total. The van der Waals surface area contributed by atoms with E-state index in [4.69, 9.17) is 5.73 Å². The summed E-state index contributed by atoms with van der Waals surface area (Å²) in [5, 5.41) is 2.77. The maximum atomic E-state index is 12.3. The Morgan fingerprint density at radius 2 is 2.05 bits per heavy atom. The topological polar surface area (TPSA) is 89.3 Å². The Hall–Kier alpha value is -1.40. The van der Waals surface area contributed by atoms with Crippen LogP contribution in [-0.2, 0) is 14.6 Å². The number of sulfone groups is 1. The largest absolute Gasteiger partial charge is 0.328 e. The van der Waals surface area contributed by atoms with E-state index in [1.807, 2.05) is 0 Å².